The van der Waals surface area contributed by atoms with Gasteiger partial charge in [-0.3, -0.25) is 0 Å². The number of nitrogens with two attached hydrogens (primary N) is 1. The Morgan fingerprint density at radius 3 is 2.71 bits per heavy atom. The summed E-state index contributed by atoms with van der Waals surface area (Å²) < 4.78 is 40.4. The molecular formula is C12H17ClFN3O2S2. The van der Waals surface area contributed by atoms with E-state index in [1.807, 2.05) is 11.8 Å². The quantitative estimate of drug-likeness (QED) is 0.782. The molecule has 0 aromatic heterocycles. The van der Waals surface area contributed by atoms with Gasteiger partial charge in [0.05, 0.1) is 5.02 Å². The minimum absolute atomic E-state index is 0.106. The van der Waals surface area contributed by atoms with Crippen LogP contribution < -0.4 is 10.5 Å². The highest BCUT2D eigenvalue weighted by Crippen LogP contribution is 2.25. The lowest BCUT2D eigenvalue weighted by Crippen LogP contribution is -2.39. The summed E-state index contributed by atoms with van der Waals surface area (Å²) in [6, 6.07) is 2.25. The molecule has 0 atom stereocenters. The van der Waals surface area contributed by atoms with Gasteiger partial charge < -0.3 is 10.6 Å². The van der Waals surface area contributed by atoms with Crippen LogP contribution in [0.25, 0.3) is 0 Å². The lowest BCUT2D eigenvalue weighted by Gasteiger charge is -2.26. The summed E-state index contributed by atoms with van der Waals surface area (Å²) in [5.74, 6) is 1.12. The standard InChI is InChI=1S/C12H17ClFN3O2S2/c13-10-7-9(15)8-11(12(10)14)21(18,19)16-1-2-17-3-5-20-6-4-17/h7-8,16H,1-6,15H2. The lowest BCUT2D eigenvalue weighted by molar-refractivity contribution is 0.307. The van der Waals surface area contributed by atoms with Crippen LogP contribution in [0.4, 0.5) is 10.1 Å². The molecule has 1 aromatic carbocycles. The van der Waals surface area contributed by atoms with Crippen LogP contribution in [0.1, 0.15) is 0 Å². The first kappa shape index (κ1) is 16.8. The van der Waals surface area contributed by atoms with Crippen LogP contribution >= 0.6 is 23.4 Å². The van der Waals surface area contributed by atoms with Gasteiger partial charge in [0.2, 0.25) is 10.0 Å². The fraction of sp³-hybridized carbons (Fsp3) is 0.500. The zero-order chi connectivity index (χ0) is 15.5. The number of sulfonamides is 1. The first-order valence-electron chi connectivity index (χ1n) is 6.44. The highest BCUT2D eigenvalue weighted by Gasteiger charge is 2.22. The van der Waals surface area contributed by atoms with E-state index in [1.54, 1.807) is 0 Å². The molecule has 0 aliphatic carbocycles. The summed E-state index contributed by atoms with van der Waals surface area (Å²) in [6.45, 7) is 2.69. The molecule has 118 valence electrons. The van der Waals surface area contributed by atoms with E-state index in [0.29, 0.717) is 6.54 Å². The third-order valence-corrected chi connectivity index (χ3v) is 5.81. The van der Waals surface area contributed by atoms with Crippen LogP contribution in [0.3, 0.4) is 0 Å². The van der Waals surface area contributed by atoms with Gasteiger partial charge >= 0.3 is 0 Å². The summed E-state index contributed by atoms with van der Waals surface area (Å²) in [7, 11) is -3.96. The van der Waals surface area contributed by atoms with Crippen LogP contribution in [0.5, 0.6) is 0 Å². The number of rotatable bonds is 5. The fourth-order valence-electron chi connectivity index (χ4n) is 2.02. The molecule has 1 aliphatic heterocycles. The van der Waals surface area contributed by atoms with E-state index in [4.69, 9.17) is 17.3 Å². The van der Waals surface area contributed by atoms with Crippen LogP contribution in [-0.2, 0) is 10.0 Å². The minimum atomic E-state index is -3.96. The molecule has 5 nitrogen and oxygen atoms in total. The summed E-state index contributed by atoms with van der Waals surface area (Å²) >= 11 is 7.50. The van der Waals surface area contributed by atoms with Crippen molar-refractivity contribution >= 4 is 39.1 Å². The average Bonchev–Trinajstić information content (AvgIpc) is 2.43. The molecule has 1 saturated heterocycles. The Morgan fingerprint density at radius 2 is 2.05 bits per heavy atom. The van der Waals surface area contributed by atoms with Gasteiger partial charge in [-0.2, -0.15) is 11.8 Å². The molecular weight excluding hydrogens is 337 g/mol. The van der Waals surface area contributed by atoms with Gasteiger partial charge in [0.25, 0.3) is 0 Å². The Balaban J connectivity index is 2.01. The normalized spacial score (nSPS) is 17.0. The van der Waals surface area contributed by atoms with Gasteiger partial charge in [0.1, 0.15) is 4.90 Å². The van der Waals surface area contributed by atoms with Crippen molar-refractivity contribution in [3.8, 4) is 0 Å². The molecule has 1 aliphatic rings. The summed E-state index contributed by atoms with van der Waals surface area (Å²) in [5.41, 5.74) is 5.62. The Morgan fingerprint density at radius 1 is 1.38 bits per heavy atom. The maximum absolute atomic E-state index is 13.8. The van der Waals surface area contributed by atoms with E-state index in [9.17, 15) is 12.8 Å². The van der Waals surface area contributed by atoms with Crippen molar-refractivity contribution in [3.05, 3.63) is 23.0 Å². The monoisotopic (exact) mass is 353 g/mol. The highest BCUT2D eigenvalue weighted by atomic mass is 35.5. The van der Waals surface area contributed by atoms with E-state index in [0.717, 1.165) is 30.7 Å². The van der Waals surface area contributed by atoms with Gasteiger partial charge in [-0.15, -0.1) is 0 Å². The zero-order valence-electron chi connectivity index (χ0n) is 11.3. The number of hydrogen-bond acceptors (Lipinski definition) is 5. The van der Waals surface area contributed by atoms with E-state index in [1.165, 1.54) is 6.07 Å². The van der Waals surface area contributed by atoms with Crippen molar-refractivity contribution in [1.29, 1.82) is 0 Å². The largest absolute Gasteiger partial charge is 0.399 e. The maximum atomic E-state index is 13.8. The molecule has 0 saturated carbocycles. The van der Waals surface area contributed by atoms with Gasteiger partial charge in [0, 0.05) is 43.4 Å². The summed E-state index contributed by atoms with van der Waals surface area (Å²) in [4.78, 5) is 1.66. The Labute approximate surface area is 133 Å². The van der Waals surface area contributed by atoms with Crippen molar-refractivity contribution < 1.29 is 12.8 Å². The number of anilines is 1. The van der Waals surface area contributed by atoms with Crippen LogP contribution in [-0.4, -0.2) is 51.0 Å². The van der Waals surface area contributed by atoms with Crippen molar-refractivity contribution in [2.75, 3.05) is 43.4 Å². The number of nitrogen functional groups attached to an aromatic ring is 1. The predicted octanol–water partition coefficient (Wildman–Crippen LogP) is 1.39. The Bertz CT molecular complexity index is 607. The minimum Gasteiger partial charge on any atom is -0.399 e. The van der Waals surface area contributed by atoms with Crippen molar-refractivity contribution in [2.24, 2.45) is 0 Å². The number of nitrogens with one attached hydrogen (secondary N) is 1. The Kier molecular flexibility index (Phi) is 5.73. The van der Waals surface area contributed by atoms with Crippen molar-refractivity contribution in [2.45, 2.75) is 4.90 Å². The summed E-state index contributed by atoms with van der Waals surface area (Å²) in [5, 5.41) is -0.302. The number of benzene rings is 1. The molecule has 2 rings (SSSR count). The smallest absolute Gasteiger partial charge is 0.243 e. The molecule has 0 amide bonds. The predicted molar refractivity (Wildman–Crippen MR) is 84.8 cm³/mol. The second-order valence-electron chi connectivity index (χ2n) is 4.67. The SMILES string of the molecule is Nc1cc(Cl)c(F)c(S(=O)(=O)NCCN2CCSCC2)c1. The first-order chi connectivity index (χ1) is 9.90. The number of nitrogens with zero attached hydrogens (tertiary/aromatic N) is 1. The third kappa shape index (κ3) is 4.46. The highest BCUT2D eigenvalue weighted by molar-refractivity contribution is 7.99. The van der Waals surface area contributed by atoms with Crippen LogP contribution in [0.15, 0.2) is 17.0 Å². The van der Waals surface area contributed by atoms with E-state index in [2.05, 4.69) is 9.62 Å². The number of thioether (sulfide) groups is 1. The van der Waals surface area contributed by atoms with Crippen molar-refractivity contribution in [3.63, 3.8) is 0 Å². The van der Waals surface area contributed by atoms with E-state index < -0.39 is 20.7 Å². The molecule has 1 heterocycles. The third-order valence-electron chi connectivity index (χ3n) is 3.13. The van der Waals surface area contributed by atoms with Gasteiger partial charge in [-0.25, -0.2) is 17.5 Å². The van der Waals surface area contributed by atoms with E-state index in [-0.39, 0.29) is 17.3 Å². The molecule has 0 bridgehead atoms. The Hall–Kier alpha value is -0.540. The second kappa shape index (κ2) is 7.15. The van der Waals surface area contributed by atoms with Gasteiger partial charge in [0.15, 0.2) is 5.82 Å². The molecule has 1 fully saturated rings. The van der Waals surface area contributed by atoms with E-state index >= 15 is 0 Å². The van der Waals surface area contributed by atoms with Gasteiger partial charge in [-0.1, -0.05) is 11.6 Å². The molecule has 1 aromatic rings. The van der Waals surface area contributed by atoms with Crippen molar-refractivity contribution in [1.82, 2.24) is 9.62 Å². The lowest BCUT2D eigenvalue weighted by atomic mass is 10.3. The zero-order valence-corrected chi connectivity index (χ0v) is 13.7. The molecule has 3 N–H and O–H groups in total. The topological polar surface area (TPSA) is 75.4 Å². The molecule has 0 unspecified atom stereocenters. The van der Waals surface area contributed by atoms with Crippen LogP contribution in [0.2, 0.25) is 5.02 Å². The maximum Gasteiger partial charge on any atom is 0.243 e. The first-order valence-corrected chi connectivity index (χ1v) is 9.46. The molecule has 0 radical (unpaired) electrons. The fourth-order valence-corrected chi connectivity index (χ4v) is 4.44. The number of hydrogen-bond donors (Lipinski definition) is 2. The molecule has 0 spiro atoms. The van der Waals surface area contributed by atoms with Gasteiger partial charge in [-0.05, 0) is 12.1 Å². The van der Waals surface area contributed by atoms with Crippen LogP contribution in [0, 0.1) is 5.82 Å². The molecule has 9 heteroatoms. The summed E-state index contributed by atoms with van der Waals surface area (Å²) in [6.07, 6.45) is 0. The molecule has 21 heavy (non-hydrogen) atoms. The second-order valence-corrected chi connectivity index (χ2v) is 8.03. The average molecular weight is 354 g/mol. The number of halogens is 2.